The van der Waals surface area contributed by atoms with Gasteiger partial charge in [0.05, 0.1) is 12.2 Å². The molecule has 3 nitrogen and oxygen atoms in total. The van der Waals surface area contributed by atoms with E-state index in [0.29, 0.717) is 5.92 Å². The van der Waals surface area contributed by atoms with Crippen molar-refractivity contribution in [2.45, 2.75) is 32.7 Å². The number of aromatic nitrogens is 2. The lowest BCUT2D eigenvalue weighted by molar-refractivity contribution is 0.502. The van der Waals surface area contributed by atoms with E-state index in [1.807, 2.05) is 0 Å². The monoisotopic (exact) mass is 241 g/mol. The van der Waals surface area contributed by atoms with E-state index in [0.717, 1.165) is 25.3 Å². The van der Waals surface area contributed by atoms with Crippen LogP contribution < -0.4 is 5.32 Å². The Balaban J connectivity index is 1.83. The second-order valence-corrected chi connectivity index (χ2v) is 5.05. The number of nitrogens with zero attached hydrogens (tertiary/aromatic N) is 2. The number of anilines is 1. The molecule has 1 N–H and O–H groups in total. The fourth-order valence-electron chi connectivity index (χ4n) is 2.49. The average molecular weight is 241 g/mol. The summed E-state index contributed by atoms with van der Waals surface area (Å²) in [6.07, 6.45) is 0.997. The van der Waals surface area contributed by atoms with E-state index in [1.165, 1.54) is 16.8 Å². The molecular weight excluding hydrogens is 222 g/mol. The van der Waals surface area contributed by atoms with Crippen LogP contribution in [0.3, 0.4) is 0 Å². The second-order valence-electron chi connectivity index (χ2n) is 5.05. The van der Waals surface area contributed by atoms with Gasteiger partial charge >= 0.3 is 0 Å². The Kier molecular flexibility index (Phi) is 2.82. The van der Waals surface area contributed by atoms with Crippen LogP contribution in [-0.4, -0.2) is 16.3 Å². The molecule has 1 unspecified atom stereocenters. The van der Waals surface area contributed by atoms with Crippen molar-refractivity contribution in [3.63, 3.8) is 0 Å². The highest BCUT2D eigenvalue weighted by Crippen LogP contribution is 2.26. The summed E-state index contributed by atoms with van der Waals surface area (Å²) in [6, 6.07) is 11.0. The maximum Gasteiger partial charge on any atom is 0.124 e. The standard InChI is InChI=1S/C15H19N3/c1-3-14-8-15-16-9-13(10-18(15)17-14)12-6-4-11(2)5-7-12/h4-8,13,16H,3,9-10H2,1-2H3. The summed E-state index contributed by atoms with van der Waals surface area (Å²) >= 11 is 0. The maximum absolute atomic E-state index is 4.62. The molecule has 0 amide bonds. The van der Waals surface area contributed by atoms with Crippen LogP contribution in [0.15, 0.2) is 30.3 Å². The molecule has 0 radical (unpaired) electrons. The van der Waals surface area contributed by atoms with Crippen molar-refractivity contribution in [1.29, 1.82) is 0 Å². The highest BCUT2D eigenvalue weighted by Gasteiger charge is 2.20. The van der Waals surface area contributed by atoms with Gasteiger partial charge in [0.1, 0.15) is 5.82 Å². The van der Waals surface area contributed by atoms with Crippen LogP contribution >= 0.6 is 0 Å². The number of rotatable bonds is 2. The number of benzene rings is 1. The number of hydrogen-bond donors (Lipinski definition) is 1. The lowest BCUT2D eigenvalue weighted by Gasteiger charge is -2.25. The highest BCUT2D eigenvalue weighted by atomic mass is 15.3. The van der Waals surface area contributed by atoms with Crippen molar-refractivity contribution < 1.29 is 0 Å². The Labute approximate surface area is 108 Å². The quantitative estimate of drug-likeness (QED) is 0.876. The summed E-state index contributed by atoms with van der Waals surface area (Å²) < 4.78 is 2.10. The lowest BCUT2D eigenvalue weighted by Crippen LogP contribution is -2.26. The van der Waals surface area contributed by atoms with E-state index in [2.05, 4.69) is 59.3 Å². The Morgan fingerprint density at radius 3 is 2.83 bits per heavy atom. The summed E-state index contributed by atoms with van der Waals surface area (Å²) in [7, 11) is 0. The molecular formula is C15H19N3. The van der Waals surface area contributed by atoms with E-state index < -0.39 is 0 Å². The molecule has 18 heavy (non-hydrogen) atoms. The van der Waals surface area contributed by atoms with Gasteiger partial charge in [-0.1, -0.05) is 36.8 Å². The van der Waals surface area contributed by atoms with Gasteiger partial charge in [-0.2, -0.15) is 5.10 Å². The van der Waals surface area contributed by atoms with Crippen molar-refractivity contribution in [2.24, 2.45) is 0 Å². The first-order valence-electron chi connectivity index (χ1n) is 6.63. The van der Waals surface area contributed by atoms with Gasteiger partial charge in [0, 0.05) is 18.5 Å². The van der Waals surface area contributed by atoms with Gasteiger partial charge in [0.2, 0.25) is 0 Å². The van der Waals surface area contributed by atoms with Crippen molar-refractivity contribution >= 4 is 5.82 Å². The third-order valence-corrected chi connectivity index (χ3v) is 3.66. The summed E-state index contributed by atoms with van der Waals surface area (Å²) in [4.78, 5) is 0. The maximum atomic E-state index is 4.62. The second kappa shape index (κ2) is 4.48. The largest absolute Gasteiger partial charge is 0.370 e. The van der Waals surface area contributed by atoms with Gasteiger partial charge in [-0.05, 0) is 18.9 Å². The summed E-state index contributed by atoms with van der Waals surface area (Å²) in [5, 5.41) is 8.10. The molecule has 3 rings (SSSR count). The molecule has 2 heterocycles. The molecule has 0 aliphatic carbocycles. The van der Waals surface area contributed by atoms with Crippen LogP contribution in [0, 0.1) is 6.92 Å². The Bertz CT molecular complexity index is 539. The van der Waals surface area contributed by atoms with Gasteiger partial charge < -0.3 is 5.32 Å². The third kappa shape index (κ3) is 2.01. The van der Waals surface area contributed by atoms with Gasteiger partial charge in [-0.3, -0.25) is 0 Å². The van der Waals surface area contributed by atoms with Crippen LogP contribution in [0.2, 0.25) is 0 Å². The zero-order valence-corrected chi connectivity index (χ0v) is 11.0. The minimum Gasteiger partial charge on any atom is -0.370 e. The number of aryl methyl sites for hydroxylation is 2. The zero-order chi connectivity index (χ0) is 12.5. The molecule has 1 aromatic heterocycles. The van der Waals surface area contributed by atoms with Crippen molar-refractivity contribution in [3.8, 4) is 0 Å². The van der Waals surface area contributed by atoms with E-state index in [1.54, 1.807) is 0 Å². The van der Waals surface area contributed by atoms with Crippen molar-refractivity contribution in [1.82, 2.24) is 9.78 Å². The van der Waals surface area contributed by atoms with E-state index in [9.17, 15) is 0 Å². The van der Waals surface area contributed by atoms with Gasteiger partial charge in [-0.15, -0.1) is 0 Å². The molecule has 3 heteroatoms. The fourth-order valence-corrected chi connectivity index (χ4v) is 2.49. The Morgan fingerprint density at radius 2 is 2.11 bits per heavy atom. The van der Waals surface area contributed by atoms with Crippen LogP contribution in [0.5, 0.6) is 0 Å². The lowest BCUT2D eigenvalue weighted by atomic mass is 9.97. The Hall–Kier alpha value is -1.77. The van der Waals surface area contributed by atoms with Crippen molar-refractivity contribution in [2.75, 3.05) is 11.9 Å². The van der Waals surface area contributed by atoms with Gasteiger partial charge in [0.25, 0.3) is 0 Å². The molecule has 0 bridgehead atoms. The number of fused-ring (bicyclic) bond motifs is 1. The summed E-state index contributed by atoms with van der Waals surface area (Å²) in [5.41, 5.74) is 3.88. The Morgan fingerprint density at radius 1 is 1.33 bits per heavy atom. The van der Waals surface area contributed by atoms with Gasteiger partial charge in [0.15, 0.2) is 0 Å². The molecule has 94 valence electrons. The fraction of sp³-hybridized carbons (Fsp3) is 0.400. The molecule has 1 aliphatic heterocycles. The summed E-state index contributed by atoms with van der Waals surface area (Å²) in [6.45, 7) is 6.25. The third-order valence-electron chi connectivity index (χ3n) is 3.66. The van der Waals surface area contributed by atoms with Crippen molar-refractivity contribution in [3.05, 3.63) is 47.2 Å². The van der Waals surface area contributed by atoms with E-state index in [4.69, 9.17) is 0 Å². The average Bonchev–Trinajstić information content (AvgIpc) is 2.81. The smallest absolute Gasteiger partial charge is 0.124 e. The molecule has 1 atom stereocenters. The molecule has 0 fully saturated rings. The molecule has 0 spiro atoms. The molecule has 2 aromatic rings. The topological polar surface area (TPSA) is 29.9 Å². The van der Waals surface area contributed by atoms with Crippen LogP contribution in [0.1, 0.15) is 29.7 Å². The van der Waals surface area contributed by atoms with Gasteiger partial charge in [-0.25, -0.2) is 4.68 Å². The number of nitrogens with one attached hydrogen (secondary N) is 1. The summed E-state index contributed by atoms with van der Waals surface area (Å²) in [5.74, 6) is 1.68. The zero-order valence-electron chi connectivity index (χ0n) is 11.0. The molecule has 1 aromatic carbocycles. The van der Waals surface area contributed by atoms with Crippen LogP contribution in [-0.2, 0) is 13.0 Å². The first-order chi connectivity index (χ1) is 8.76. The van der Waals surface area contributed by atoms with Crippen LogP contribution in [0.4, 0.5) is 5.82 Å². The van der Waals surface area contributed by atoms with Crippen LogP contribution in [0.25, 0.3) is 0 Å². The first-order valence-corrected chi connectivity index (χ1v) is 6.63. The number of hydrogen-bond acceptors (Lipinski definition) is 2. The molecule has 0 saturated carbocycles. The molecule has 1 aliphatic rings. The highest BCUT2D eigenvalue weighted by molar-refractivity contribution is 5.41. The van der Waals surface area contributed by atoms with E-state index >= 15 is 0 Å². The minimum atomic E-state index is 0.516. The molecule has 0 saturated heterocycles. The normalized spacial score (nSPS) is 18.2. The predicted octanol–water partition coefficient (Wildman–Crippen LogP) is 2.96. The SMILES string of the molecule is CCc1cc2n(n1)CC(c1ccc(C)cc1)CN2. The predicted molar refractivity (Wildman–Crippen MR) is 74.0 cm³/mol. The minimum absolute atomic E-state index is 0.516. The first kappa shape index (κ1) is 11.3. The van der Waals surface area contributed by atoms with E-state index in [-0.39, 0.29) is 0 Å².